The SMILES string of the molecule is CC[C@H](C)NC(=O)[C@@H](Cc1ccccc1)N(Cc1ccccc1F)C(=O)CCc1ccccc1. The minimum Gasteiger partial charge on any atom is -0.352 e. The molecule has 0 bridgehead atoms. The van der Waals surface area contributed by atoms with Gasteiger partial charge in [0.2, 0.25) is 11.8 Å². The average molecular weight is 461 g/mol. The number of hydrogen-bond donors (Lipinski definition) is 1. The molecule has 2 atom stereocenters. The summed E-state index contributed by atoms with van der Waals surface area (Å²) in [5.74, 6) is -0.779. The first kappa shape index (κ1) is 25.2. The Labute approximate surface area is 201 Å². The summed E-state index contributed by atoms with van der Waals surface area (Å²) in [6.45, 7) is 3.97. The Kier molecular flexibility index (Phi) is 9.39. The fraction of sp³-hybridized carbons (Fsp3) is 0.310. The lowest BCUT2D eigenvalue weighted by Gasteiger charge is -2.32. The molecule has 0 heterocycles. The fourth-order valence-electron chi connectivity index (χ4n) is 3.84. The third-order valence-corrected chi connectivity index (χ3v) is 6.04. The van der Waals surface area contributed by atoms with Gasteiger partial charge in [-0.05, 0) is 37.0 Å². The summed E-state index contributed by atoms with van der Waals surface area (Å²) in [6, 6.07) is 25.0. The monoisotopic (exact) mass is 460 g/mol. The molecule has 34 heavy (non-hydrogen) atoms. The third kappa shape index (κ3) is 7.27. The predicted octanol–water partition coefficient (Wildman–Crippen LogP) is 5.31. The summed E-state index contributed by atoms with van der Waals surface area (Å²) in [7, 11) is 0. The maximum Gasteiger partial charge on any atom is 0.243 e. The van der Waals surface area contributed by atoms with Crippen molar-refractivity contribution < 1.29 is 14.0 Å². The number of nitrogens with zero attached hydrogens (tertiary/aromatic N) is 1. The van der Waals surface area contributed by atoms with Crippen molar-refractivity contribution in [2.24, 2.45) is 0 Å². The second kappa shape index (κ2) is 12.7. The summed E-state index contributed by atoms with van der Waals surface area (Å²) in [5.41, 5.74) is 2.39. The Morgan fingerprint density at radius 3 is 2.09 bits per heavy atom. The molecule has 3 aromatic rings. The Balaban J connectivity index is 1.92. The van der Waals surface area contributed by atoms with Gasteiger partial charge in [-0.15, -0.1) is 0 Å². The van der Waals surface area contributed by atoms with E-state index in [1.165, 1.54) is 6.07 Å². The van der Waals surface area contributed by atoms with Crippen LogP contribution in [0.4, 0.5) is 4.39 Å². The molecular weight excluding hydrogens is 427 g/mol. The van der Waals surface area contributed by atoms with Gasteiger partial charge < -0.3 is 10.2 Å². The van der Waals surface area contributed by atoms with Crippen LogP contribution in [0.5, 0.6) is 0 Å². The zero-order valence-electron chi connectivity index (χ0n) is 19.9. The van der Waals surface area contributed by atoms with E-state index in [1.54, 1.807) is 23.1 Å². The fourth-order valence-corrected chi connectivity index (χ4v) is 3.84. The highest BCUT2D eigenvalue weighted by atomic mass is 19.1. The highest BCUT2D eigenvalue weighted by Crippen LogP contribution is 2.18. The number of halogens is 1. The van der Waals surface area contributed by atoms with Crippen molar-refractivity contribution in [3.63, 3.8) is 0 Å². The summed E-state index contributed by atoms with van der Waals surface area (Å²) < 4.78 is 14.6. The molecule has 3 rings (SSSR count). The second-order valence-electron chi connectivity index (χ2n) is 8.62. The van der Waals surface area contributed by atoms with E-state index in [4.69, 9.17) is 0 Å². The number of aryl methyl sites for hydroxylation is 1. The lowest BCUT2D eigenvalue weighted by molar-refractivity contribution is -0.141. The first-order valence-electron chi connectivity index (χ1n) is 11.9. The number of amides is 2. The number of hydrogen-bond acceptors (Lipinski definition) is 2. The summed E-state index contributed by atoms with van der Waals surface area (Å²) in [5, 5.41) is 3.03. The van der Waals surface area contributed by atoms with Crippen LogP contribution >= 0.6 is 0 Å². The average Bonchev–Trinajstić information content (AvgIpc) is 2.86. The smallest absolute Gasteiger partial charge is 0.243 e. The van der Waals surface area contributed by atoms with Crippen molar-refractivity contribution >= 4 is 11.8 Å². The topological polar surface area (TPSA) is 49.4 Å². The van der Waals surface area contributed by atoms with Crippen LogP contribution in [0.15, 0.2) is 84.9 Å². The van der Waals surface area contributed by atoms with Crippen LogP contribution in [0, 0.1) is 5.82 Å². The molecule has 0 aliphatic heterocycles. The molecule has 3 aromatic carbocycles. The minimum absolute atomic E-state index is 0.0273. The molecule has 0 saturated heterocycles. The van der Waals surface area contributed by atoms with Crippen LogP contribution in [0.25, 0.3) is 0 Å². The largest absolute Gasteiger partial charge is 0.352 e. The van der Waals surface area contributed by atoms with Crippen LogP contribution in [-0.4, -0.2) is 28.8 Å². The van der Waals surface area contributed by atoms with Gasteiger partial charge in [-0.1, -0.05) is 85.8 Å². The van der Waals surface area contributed by atoms with E-state index >= 15 is 0 Å². The van der Waals surface area contributed by atoms with E-state index < -0.39 is 6.04 Å². The minimum atomic E-state index is -0.751. The van der Waals surface area contributed by atoms with Crippen molar-refractivity contribution in [3.05, 3.63) is 107 Å². The third-order valence-electron chi connectivity index (χ3n) is 6.04. The first-order valence-corrected chi connectivity index (χ1v) is 11.9. The van der Waals surface area contributed by atoms with Gasteiger partial charge in [0, 0.05) is 31.0 Å². The quantitative estimate of drug-likeness (QED) is 0.421. The maximum atomic E-state index is 14.6. The van der Waals surface area contributed by atoms with Gasteiger partial charge in [0.1, 0.15) is 11.9 Å². The zero-order valence-corrected chi connectivity index (χ0v) is 19.9. The first-order chi connectivity index (χ1) is 16.5. The van der Waals surface area contributed by atoms with Crippen LogP contribution in [0.3, 0.4) is 0 Å². The molecule has 1 N–H and O–H groups in total. The number of carbonyl (C=O) groups is 2. The maximum absolute atomic E-state index is 14.6. The highest BCUT2D eigenvalue weighted by Gasteiger charge is 2.31. The molecule has 0 radical (unpaired) electrons. The molecule has 4 nitrogen and oxygen atoms in total. The van der Waals surface area contributed by atoms with Crippen molar-refractivity contribution in [3.8, 4) is 0 Å². The molecule has 0 aromatic heterocycles. The van der Waals surface area contributed by atoms with Gasteiger partial charge in [-0.3, -0.25) is 9.59 Å². The molecule has 2 amide bonds. The van der Waals surface area contributed by atoms with Crippen LogP contribution in [-0.2, 0) is 29.0 Å². The second-order valence-corrected chi connectivity index (χ2v) is 8.62. The highest BCUT2D eigenvalue weighted by molar-refractivity contribution is 5.88. The van der Waals surface area contributed by atoms with E-state index in [0.717, 1.165) is 17.5 Å². The van der Waals surface area contributed by atoms with Crippen LogP contribution in [0.1, 0.15) is 43.4 Å². The van der Waals surface area contributed by atoms with Gasteiger partial charge in [-0.2, -0.15) is 0 Å². The molecule has 5 heteroatoms. The van der Waals surface area contributed by atoms with E-state index in [-0.39, 0.29) is 36.6 Å². The van der Waals surface area contributed by atoms with Gasteiger partial charge in [-0.25, -0.2) is 4.39 Å². The van der Waals surface area contributed by atoms with Gasteiger partial charge in [0.25, 0.3) is 0 Å². The molecule has 0 aliphatic rings. The van der Waals surface area contributed by atoms with Crippen molar-refractivity contribution in [2.75, 3.05) is 0 Å². The standard InChI is InChI=1S/C29H33FN2O2/c1-3-22(2)31-29(34)27(20-24-14-8-5-9-15-24)32(21-25-16-10-11-17-26(25)30)28(33)19-18-23-12-6-4-7-13-23/h4-17,22,27H,3,18-21H2,1-2H3,(H,31,34)/t22-,27+/m0/s1. The summed E-state index contributed by atoms with van der Waals surface area (Å²) in [6.07, 6.45) is 1.92. The number of rotatable bonds is 11. The summed E-state index contributed by atoms with van der Waals surface area (Å²) >= 11 is 0. The molecule has 0 aliphatic carbocycles. The molecule has 0 unspecified atom stereocenters. The van der Waals surface area contributed by atoms with E-state index in [2.05, 4.69) is 5.32 Å². The van der Waals surface area contributed by atoms with E-state index in [0.29, 0.717) is 18.4 Å². The van der Waals surface area contributed by atoms with E-state index in [9.17, 15) is 14.0 Å². The van der Waals surface area contributed by atoms with Gasteiger partial charge in [0.15, 0.2) is 0 Å². The Morgan fingerprint density at radius 1 is 0.882 bits per heavy atom. The van der Waals surface area contributed by atoms with E-state index in [1.807, 2.05) is 74.5 Å². The lowest BCUT2D eigenvalue weighted by Crippen LogP contribution is -2.52. The number of benzene rings is 3. The van der Waals surface area contributed by atoms with Crippen molar-refractivity contribution in [2.45, 2.75) is 58.2 Å². The van der Waals surface area contributed by atoms with Crippen LogP contribution in [0.2, 0.25) is 0 Å². The van der Waals surface area contributed by atoms with Crippen LogP contribution < -0.4 is 5.32 Å². The van der Waals surface area contributed by atoms with Crippen molar-refractivity contribution in [1.82, 2.24) is 10.2 Å². The molecular formula is C29H33FN2O2. The van der Waals surface area contributed by atoms with Crippen molar-refractivity contribution in [1.29, 1.82) is 0 Å². The molecule has 0 saturated carbocycles. The Bertz CT molecular complexity index is 1060. The number of carbonyl (C=O) groups excluding carboxylic acids is 2. The molecule has 0 spiro atoms. The predicted molar refractivity (Wildman–Crippen MR) is 134 cm³/mol. The zero-order chi connectivity index (χ0) is 24.3. The lowest BCUT2D eigenvalue weighted by atomic mass is 10.0. The Morgan fingerprint density at radius 2 is 1.47 bits per heavy atom. The Hall–Kier alpha value is -3.47. The normalized spacial score (nSPS) is 12.6. The molecule has 178 valence electrons. The van der Waals surface area contributed by atoms with Gasteiger partial charge in [0.05, 0.1) is 0 Å². The number of nitrogens with one attached hydrogen (secondary N) is 1. The molecule has 0 fully saturated rings. The summed E-state index contributed by atoms with van der Waals surface area (Å²) in [4.78, 5) is 28.5. The van der Waals surface area contributed by atoms with Gasteiger partial charge >= 0.3 is 0 Å².